The first-order chi connectivity index (χ1) is 8.13. The molecule has 4 rings (SSSR count). The molecule has 0 aromatic heterocycles. The van der Waals surface area contributed by atoms with Crippen molar-refractivity contribution in [2.75, 3.05) is 6.61 Å². The zero-order chi connectivity index (χ0) is 12.0. The normalized spacial score (nSPS) is 43.1. The number of esters is 1. The van der Waals surface area contributed by atoms with E-state index in [1.807, 2.05) is 13.8 Å². The summed E-state index contributed by atoms with van der Waals surface area (Å²) in [6.07, 6.45) is 7.15. The van der Waals surface area contributed by atoms with E-state index < -0.39 is 0 Å². The van der Waals surface area contributed by atoms with Crippen LogP contribution in [0.1, 0.15) is 46.0 Å². The van der Waals surface area contributed by atoms with E-state index in [1.54, 1.807) is 0 Å². The maximum Gasteiger partial charge on any atom is 0.308 e. The standard InChI is InChI=1S/C15H24O2/c1-9(2)15(16)17-8-14-12-4-10-3-11(6-12)7-13(14)5-10/h9-14H,3-8H2,1-2H3. The fourth-order valence-corrected chi connectivity index (χ4v) is 4.66. The Hall–Kier alpha value is -0.530. The van der Waals surface area contributed by atoms with Gasteiger partial charge in [0.2, 0.25) is 0 Å². The van der Waals surface area contributed by atoms with Gasteiger partial charge in [0.05, 0.1) is 12.5 Å². The van der Waals surface area contributed by atoms with E-state index in [1.165, 1.54) is 32.1 Å². The number of hydrogen-bond acceptors (Lipinski definition) is 2. The molecule has 96 valence electrons. The largest absolute Gasteiger partial charge is 0.465 e. The Labute approximate surface area is 104 Å². The van der Waals surface area contributed by atoms with Crippen molar-refractivity contribution in [3.05, 3.63) is 0 Å². The van der Waals surface area contributed by atoms with Gasteiger partial charge in [-0.15, -0.1) is 0 Å². The van der Waals surface area contributed by atoms with Crippen LogP contribution in [0.4, 0.5) is 0 Å². The molecule has 0 radical (unpaired) electrons. The lowest BCUT2D eigenvalue weighted by atomic mass is 9.52. The molecule has 4 fully saturated rings. The summed E-state index contributed by atoms with van der Waals surface area (Å²) in [6, 6.07) is 0. The summed E-state index contributed by atoms with van der Waals surface area (Å²) in [7, 11) is 0. The highest BCUT2D eigenvalue weighted by Gasteiger charge is 2.48. The minimum atomic E-state index is -0.0150. The van der Waals surface area contributed by atoms with Gasteiger partial charge in [0.15, 0.2) is 0 Å². The van der Waals surface area contributed by atoms with Crippen molar-refractivity contribution in [1.82, 2.24) is 0 Å². The first-order valence-corrected chi connectivity index (χ1v) is 7.30. The maximum absolute atomic E-state index is 11.6. The van der Waals surface area contributed by atoms with Crippen LogP contribution in [0, 0.1) is 35.5 Å². The number of carbonyl (C=O) groups excluding carboxylic acids is 1. The van der Waals surface area contributed by atoms with Gasteiger partial charge in [0.1, 0.15) is 0 Å². The topological polar surface area (TPSA) is 26.3 Å². The predicted molar refractivity (Wildman–Crippen MR) is 66.3 cm³/mol. The van der Waals surface area contributed by atoms with E-state index in [2.05, 4.69) is 0 Å². The highest BCUT2D eigenvalue weighted by atomic mass is 16.5. The molecule has 0 aromatic rings. The molecule has 4 aliphatic carbocycles. The Morgan fingerprint density at radius 2 is 1.59 bits per heavy atom. The van der Waals surface area contributed by atoms with Gasteiger partial charge in [-0.2, -0.15) is 0 Å². The van der Waals surface area contributed by atoms with Gasteiger partial charge in [-0.05, 0) is 61.7 Å². The average Bonchev–Trinajstić information content (AvgIpc) is 2.26. The second-order valence-electron chi connectivity index (χ2n) is 6.88. The van der Waals surface area contributed by atoms with Crippen molar-refractivity contribution in [3.8, 4) is 0 Å². The lowest BCUT2D eigenvalue weighted by Gasteiger charge is -2.54. The van der Waals surface area contributed by atoms with Gasteiger partial charge >= 0.3 is 5.97 Å². The number of rotatable bonds is 3. The minimum absolute atomic E-state index is 0.0150. The molecule has 2 heteroatoms. The average molecular weight is 236 g/mol. The SMILES string of the molecule is CC(C)C(=O)OCC1C2CC3CC(C2)CC1C3. The molecule has 0 spiro atoms. The Balaban J connectivity index is 1.59. The van der Waals surface area contributed by atoms with Gasteiger partial charge < -0.3 is 4.74 Å². The Kier molecular flexibility index (Phi) is 2.92. The molecular weight excluding hydrogens is 212 g/mol. The first-order valence-electron chi connectivity index (χ1n) is 7.30. The monoisotopic (exact) mass is 236 g/mol. The third-order valence-corrected chi connectivity index (χ3v) is 5.31. The fourth-order valence-electron chi connectivity index (χ4n) is 4.66. The Bertz CT molecular complexity index is 280. The molecular formula is C15H24O2. The van der Waals surface area contributed by atoms with Crippen molar-refractivity contribution in [2.45, 2.75) is 46.0 Å². The van der Waals surface area contributed by atoms with Crippen LogP contribution in [0.15, 0.2) is 0 Å². The Morgan fingerprint density at radius 3 is 2.06 bits per heavy atom. The van der Waals surface area contributed by atoms with E-state index in [9.17, 15) is 4.79 Å². The van der Waals surface area contributed by atoms with E-state index >= 15 is 0 Å². The molecule has 0 saturated heterocycles. The number of carbonyl (C=O) groups is 1. The van der Waals surface area contributed by atoms with Gasteiger partial charge in [-0.3, -0.25) is 4.79 Å². The Morgan fingerprint density at radius 1 is 1.06 bits per heavy atom. The van der Waals surface area contributed by atoms with Crippen LogP contribution in [0.5, 0.6) is 0 Å². The van der Waals surface area contributed by atoms with Crippen LogP contribution in [-0.4, -0.2) is 12.6 Å². The summed E-state index contributed by atoms with van der Waals surface area (Å²) in [5.74, 6) is 4.44. The molecule has 2 nitrogen and oxygen atoms in total. The highest BCUT2D eigenvalue weighted by Crippen LogP contribution is 2.56. The maximum atomic E-state index is 11.6. The van der Waals surface area contributed by atoms with E-state index in [4.69, 9.17) is 4.74 Å². The summed E-state index contributed by atoms with van der Waals surface area (Å²) in [5.41, 5.74) is 0. The quantitative estimate of drug-likeness (QED) is 0.703. The molecule has 0 amide bonds. The highest BCUT2D eigenvalue weighted by molar-refractivity contribution is 5.71. The molecule has 4 aliphatic rings. The van der Waals surface area contributed by atoms with Gasteiger partial charge in [-0.1, -0.05) is 13.8 Å². The first kappa shape index (κ1) is 11.6. The van der Waals surface area contributed by atoms with Crippen molar-refractivity contribution in [2.24, 2.45) is 35.5 Å². The van der Waals surface area contributed by atoms with Gasteiger partial charge in [0, 0.05) is 0 Å². The van der Waals surface area contributed by atoms with Crippen molar-refractivity contribution in [3.63, 3.8) is 0 Å². The van der Waals surface area contributed by atoms with Crippen molar-refractivity contribution in [1.29, 1.82) is 0 Å². The smallest absolute Gasteiger partial charge is 0.308 e. The van der Waals surface area contributed by atoms with Crippen LogP contribution in [0.2, 0.25) is 0 Å². The molecule has 4 saturated carbocycles. The molecule has 0 atom stereocenters. The summed E-state index contributed by atoms with van der Waals surface area (Å²) >= 11 is 0. The van der Waals surface area contributed by atoms with E-state index in [0.29, 0.717) is 12.5 Å². The van der Waals surface area contributed by atoms with Crippen LogP contribution in [0.25, 0.3) is 0 Å². The lowest BCUT2D eigenvalue weighted by Crippen LogP contribution is -2.46. The van der Waals surface area contributed by atoms with Crippen LogP contribution in [0.3, 0.4) is 0 Å². The summed E-state index contributed by atoms with van der Waals surface area (Å²) in [4.78, 5) is 11.6. The van der Waals surface area contributed by atoms with Gasteiger partial charge in [0.25, 0.3) is 0 Å². The molecule has 0 N–H and O–H groups in total. The fraction of sp³-hybridized carbons (Fsp3) is 0.933. The third kappa shape index (κ3) is 2.11. The van der Waals surface area contributed by atoms with Crippen LogP contribution in [-0.2, 0) is 9.53 Å². The number of hydrogen-bond donors (Lipinski definition) is 0. The predicted octanol–water partition coefficient (Wildman–Crippen LogP) is 3.26. The second-order valence-corrected chi connectivity index (χ2v) is 6.88. The third-order valence-electron chi connectivity index (χ3n) is 5.31. The molecule has 0 aliphatic heterocycles. The molecule has 4 bridgehead atoms. The van der Waals surface area contributed by atoms with E-state index in [-0.39, 0.29) is 11.9 Å². The van der Waals surface area contributed by atoms with Crippen molar-refractivity contribution < 1.29 is 9.53 Å². The lowest BCUT2D eigenvalue weighted by molar-refractivity contribution is -0.153. The van der Waals surface area contributed by atoms with Crippen LogP contribution >= 0.6 is 0 Å². The van der Waals surface area contributed by atoms with E-state index in [0.717, 1.165) is 23.7 Å². The van der Waals surface area contributed by atoms with Crippen LogP contribution < -0.4 is 0 Å². The molecule has 0 unspecified atom stereocenters. The second kappa shape index (κ2) is 4.29. The minimum Gasteiger partial charge on any atom is -0.465 e. The summed E-state index contributed by atoms with van der Waals surface area (Å²) in [5, 5.41) is 0. The van der Waals surface area contributed by atoms with Crippen molar-refractivity contribution >= 4 is 5.97 Å². The summed E-state index contributed by atoms with van der Waals surface area (Å²) < 4.78 is 5.49. The summed E-state index contributed by atoms with van der Waals surface area (Å²) in [6.45, 7) is 4.53. The van der Waals surface area contributed by atoms with Gasteiger partial charge in [-0.25, -0.2) is 0 Å². The molecule has 17 heavy (non-hydrogen) atoms. The molecule has 0 aromatic carbocycles. The zero-order valence-corrected chi connectivity index (χ0v) is 11.0. The zero-order valence-electron chi connectivity index (χ0n) is 11.0. The number of ether oxygens (including phenoxy) is 1. The molecule has 0 heterocycles.